The maximum Gasteiger partial charge on any atom is 0.249 e. The maximum absolute atomic E-state index is 12.5. The van der Waals surface area contributed by atoms with Gasteiger partial charge in [-0.1, -0.05) is 256 Å². The molecule has 4 unspecified atom stereocenters. The number of allylic oxidation sites excluding steroid dienone is 4. The zero-order valence-electron chi connectivity index (χ0n) is 40.2. The molecule has 5 N–H and O–H groups in total. The molecule has 4 atom stereocenters. The third-order valence-corrected chi connectivity index (χ3v) is 12.6. The zero-order valence-corrected chi connectivity index (χ0v) is 40.2. The second kappa shape index (κ2) is 48.8. The number of aliphatic hydroxyl groups is 4. The second-order valence-corrected chi connectivity index (χ2v) is 18.6. The summed E-state index contributed by atoms with van der Waals surface area (Å²) in [5, 5.41) is 43.8. The van der Waals surface area contributed by atoms with Crippen molar-refractivity contribution in [3.63, 3.8) is 0 Å². The fourth-order valence-corrected chi connectivity index (χ4v) is 8.42. The van der Waals surface area contributed by atoms with E-state index in [-0.39, 0.29) is 0 Å². The molecule has 0 aliphatic carbocycles. The van der Waals surface area contributed by atoms with Crippen molar-refractivity contribution in [1.82, 2.24) is 5.32 Å². The van der Waals surface area contributed by atoms with Crippen LogP contribution in [0.15, 0.2) is 24.3 Å². The number of aliphatic hydroxyl groups excluding tert-OH is 4. The molecule has 60 heavy (non-hydrogen) atoms. The second-order valence-electron chi connectivity index (χ2n) is 18.6. The van der Waals surface area contributed by atoms with Crippen LogP contribution in [0.2, 0.25) is 0 Å². The van der Waals surface area contributed by atoms with Crippen LogP contribution < -0.4 is 5.32 Å². The van der Waals surface area contributed by atoms with E-state index in [1.54, 1.807) is 0 Å². The molecule has 0 aliphatic heterocycles. The largest absolute Gasteiger partial charge is 0.394 e. The molecule has 6 nitrogen and oxygen atoms in total. The maximum atomic E-state index is 12.5. The van der Waals surface area contributed by atoms with Gasteiger partial charge in [-0.05, 0) is 51.4 Å². The lowest BCUT2D eigenvalue weighted by molar-refractivity contribution is -0.132. The first-order valence-corrected chi connectivity index (χ1v) is 26.7. The van der Waals surface area contributed by atoms with Crippen molar-refractivity contribution < 1.29 is 25.2 Å². The normalized spacial score (nSPS) is 14.0. The third-order valence-electron chi connectivity index (χ3n) is 12.6. The van der Waals surface area contributed by atoms with Crippen LogP contribution in [0.1, 0.15) is 284 Å². The van der Waals surface area contributed by atoms with Gasteiger partial charge in [0.25, 0.3) is 0 Å². The summed E-state index contributed by atoms with van der Waals surface area (Å²) < 4.78 is 0. The minimum atomic E-state index is -1.29. The molecule has 0 bridgehead atoms. The molecule has 0 aromatic rings. The van der Waals surface area contributed by atoms with E-state index in [9.17, 15) is 25.2 Å². The summed E-state index contributed by atoms with van der Waals surface area (Å²) in [5.41, 5.74) is 0. The Bertz CT molecular complexity index is 909. The molecule has 0 saturated heterocycles. The summed E-state index contributed by atoms with van der Waals surface area (Å²) in [5.74, 6) is -0.594. The van der Waals surface area contributed by atoms with Gasteiger partial charge < -0.3 is 25.7 Å². The Morgan fingerprint density at radius 2 is 0.700 bits per heavy atom. The van der Waals surface area contributed by atoms with Gasteiger partial charge in [-0.2, -0.15) is 0 Å². The van der Waals surface area contributed by atoms with E-state index >= 15 is 0 Å². The van der Waals surface area contributed by atoms with Gasteiger partial charge in [0.2, 0.25) is 5.91 Å². The van der Waals surface area contributed by atoms with Crippen LogP contribution >= 0.6 is 0 Å². The Morgan fingerprint density at radius 1 is 0.400 bits per heavy atom. The van der Waals surface area contributed by atoms with Crippen molar-refractivity contribution in [3.05, 3.63) is 24.3 Å². The molecule has 0 heterocycles. The molecule has 0 fully saturated rings. The van der Waals surface area contributed by atoms with E-state index < -0.39 is 36.9 Å². The average Bonchev–Trinajstić information content (AvgIpc) is 3.25. The number of amides is 1. The summed E-state index contributed by atoms with van der Waals surface area (Å²) in [6.07, 6.45) is 58.2. The molecule has 0 saturated carbocycles. The van der Waals surface area contributed by atoms with Gasteiger partial charge >= 0.3 is 0 Å². The first-order chi connectivity index (χ1) is 29.5. The number of carbonyl (C=O) groups is 1. The molecule has 0 radical (unpaired) electrons. The van der Waals surface area contributed by atoms with Crippen LogP contribution in [0.25, 0.3) is 0 Å². The number of hydrogen-bond donors (Lipinski definition) is 5. The molecule has 6 heteroatoms. The highest BCUT2D eigenvalue weighted by Crippen LogP contribution is 2.17. The summed E-state index contributed by atoms with van der Waals surface area (Å²) >= 11 is 0. The summed E-state index contributed by atoms with van der Waals surface area (Å²) in [6.45, 7) is 4.06. The van der Waals surface area contributed by atoms with Crippen molar-refractivity contribution in [2.24, 2.45) is 0 Å². The SMILES string of the molecule is CCCCCCCCCCCCCCCCCCCCC/C=C/CC/C=C/CCCC(O)C(O)C(CO)NC(=O)C(O)CCCCCCCCCCCCCCCCCC. The highest BCUT2D eigenvalue weighted by atomic mass is 16.3. The predicted octanol–water partition coefficient (Wildman–Crippen LogP) is 15.1. The summed E-state index contributed by atoms with van der Waals surface area (Å²) in [4.78, 5) is 12.5. The third kappa shape index (κ3) is 42.1. The molecule has 0 aliphatic rings. The highest BCUT2D eigenvalue weighted by Gasteiger charge is 2.28. The summed E-state index contributed by atoms with van der Waals surface area (Å²) in [7, 11) is 0. The number of hydrogen-bond acceptors (Lipinski definition) is 5. The van der Waals surface area contributed by atoms with Gasteiger partial charge in [-0.3, -0.25) is 4.79 Å². The van der Waals surface area contributed by atoms with Crippen molar-refractivity contribution in [1.29, 1.82) is 0 Å². The monoisotopic (exact) mass is 848 g/mol. The quantitative estimate of drug-likeness (QED) is 0.0309. The molecule has 0 aromatic heterocycles. The molecular weight excluding hydrogens is 743 g/mol. The van der Waals surface area contributed by atoms with Gasteiger partial charge in [0.15, 0.2) is 0 Å². The standard InChI is InChI=1S/C54H105NO5/c1-3-5-7-9-11-13-15-17-19-21-22-23-24-25-26-27-28-29-30-31-32-34-35-37-39-41-43-45-47-51(57)53(59)50(49-56)55-54(60)52(58)48-46-44-42-40-38-36-33-20-18-16-14-12-10-8-6-4-2/h32,34,39,41,50-53,56-59H,3-31,33,35-38,40,42-49H2,1-2H3,(H,55,60)/b34-32+,41-39+. The van der Waals surface area contributed by atoms with Gasteiger partial charge in [0, 0.05) is 0 Å². The van der Waals surface area contributed by atoms with Crippen molar-refractivity contribution in [3.8, 4) is 0 Å². The molecule has 0 spiro atoms. The Morgan fingerprint density at radius 3 is 1.05 bits per heavy atom. The van der Waals surface area contributed by atoms with E-state index in [0.717, 1.165) is 38.5 Å². The number of nitrogens with one attached hydrogen (secondary N) is 1. The Kier molecular flexibility index (Phi) is 47.8. The smallest absolute Gasteiger partial charge is 0.249 e. The molecule has 356 valence electrons. The Hall–Kier alpha value is -1.21. The van der Waals surface area contributed by atoms with E-state index in [2.05, 4.69) is 43.5 Å². The van der Waals surface area contributed by atoms with Crippen molar-refractivity contribution >= 4 is 5.91 Å². The molecular formula is C54H105NO5. The van der Waals surface area contributed by atoms with Crippen LogP contribution in [-0.4, -0.2) is 57.3 Å². The van der Waals surface area contributed by atoms with Crippen molar-refractivity contribution in [2.45, 2.75) is 308 Å². The first kappa shape index (κ1) is 58.8. The van der Waals surface area contributed by atoms with E-state index in [1.807, 2.05) is 0 Å². The lowest BCUT2D eigenvalue weighted by Crippen LogP contribution is -2.53. The molecule has 0 aromatic carbocycles. The van der Waals surface area contributed by atoms with Crippen LogP contribution in [-0.2, 0) is 4.79 Å². The van der Waals surface area contributed by atoms with Crippen LogP contribution in [0, 0.1) is 0 Å². The number of rotatable bonds is 49. The lowest BCUT2D eigenvalue weighted by atomic mass is 10.00. The number of carbonyl (C=O) groups excluding carboxylic acids is 1. The number of unbranched alkanes of at least 4 members (excludes halogenated alkanes) is 36. The fraction of sp³-hybridized carbons (Fsp3) is 0.907. The van der Waals surface area contributed by atoms with E-state index in [0.29, 0.717) is 19.3 Å². The van der Waals surface area contributed by atoms with Gasteiger partial charge in [0.1, 0.15) is 12.2 Å². The first-order valence-electron chi connectivity index (χ1n) is 26.7. The summed E-state index contributed by atoms with van der Waals surface area (Å²) in [6, 6.07) is -1.01. The van der Waals surface area contributed by atoms with Crippen LogP contribution in [0.5, 0.6) is 0 Å². The Balaban J connectivity index is 3.67. The molecule has 0 rings (SSSR count). The molecule has 1 amide bonds. The fourth-order valence-electron chi connectivity index (χ4n) is 8.42. The average molecular weight is 848 g/mol. The zero-order chi connectivity index (χ0) is 43.8. The minimum Gasteiger partial charge on any atom is -0.394 e. The van der Waals surface area contributed by atoms with E-state index in [1.165, 1.54) is 212 Å². The highest BCUT2D eigenvalue weighted by molar-refractivity contribution is 5.80. The lowest BCUT2D eigenvalue weighted by Gasteiger charge is -2.27. The predicted molar refractivity (Wildman–Crippen MR) is 261 cm³/mol. The minimum absolute atomic E-state index is 0.364. The van der Waals surface area contributed by atoms with Crippen molar-refractivity contribution in [2.75, 3.05) is 6.61 Å². The van der Waals surface area contributed by atoms with Crippen LogP contribution in [0.4, 0.5) is 0 Å². The van der Waals surface area contributed by atoms with Gasteiger partial charge in [0.05, 0.1) is 18.8 Å². The topological polar surface area (TPSA) is 110 Å². The van der Waals surface area contributed by atoms with E-state index in [4.69, 9.17) is 0 Å². The van der Waals surface area contributed by atoms with Gasteiger partial charge in [-0.15, -0.1) is 0 Å². The Labute approximate surface area is 374 Å². The van der Waals surface area contributed by atoms with Gasteiger partial charge in [-0.25, -0.2) is 0 Å². The van der Waals surface area contributed by atoms with Crippen LogP contribution in [0.3, 0.4) is 0 Å².